The number of aliphatic hydroxyl groups excluding tert-OH is 1. The highest BCUT2D eigenvalue weighted by atomic mass is 16.3. The molecule has 0 amide bonds. The van der Waals surface area contributed by atoms with Crippen LogP contribution in [0.25, 0.3) is 0 Å². The summed E-state index contributed by atoms with van der Waals surface area (Å²) in [4.78, 5) is 4.23. The van der Waals surface area contributed by atoms with Gasteiger partial charge in [-0.2, -0.15) is 0 Å². The van der Waals surface area contributed by atoms with Gasteiger partial charge in [0, 0.05) is 6.42 Å². The maximum absolute atomic E-state index is 9.26. The summed E-state index contributed by atoms with van der Waals surface area (Å²) in [7, 11) is 0. The summed E-state index contributed by atoms with van der Waals surface area (Å²) in [6, 6.07) is 0. The molecule has 2 rings (SSSR count). The fraction of sp³-hybridized carbons (Fsp3) is 0.700. The molecule has 0 aliphatic carbocycles. The van der Waals surface area contributed by atoms with E-state index in [1.807, 2.05) is 0 Å². The molecule has 2 heterocycles. The molecule has 1 aromatic rings. The molecule has 0 spiro atoms. The highest BCUT2D eigenvalue weighted by Gasteiger charge is 2.18. The van der Waals surface area contributed by atoms with E-state index in [4.69, 9.17) is 4.42 Å². The minimum Gasteiger partial charge on any atom is -0.449 e. The molecule has 1 saturated heterocycles. The summed E-state index contributed by atoms with van der Waals surface area (Å²) in [6.45, 7) is 3.83. The first kappa shape index (κ1) is 9.68. The van der Waals surface area contributed by atoms with E-state index in [0.29, 0.717) is 11.6 Å². The first-order valence-corrected chi connectivity index (χ1v) is 5.09. The first-order valence-electron chi connectivity index (χ1n) is 5.09. The number of oxazole rings is 1. The molecule has 0 bridgehead atoms. The Balaban J connectivity index is 1.95. The van der Waals surface area contributed by atoms with Crippen molar-refractivity contribution in [1.29, 1.82) is 0 Å². The summed E-state index contributed by atoms with van der Waals surface area (Å²) >= 11 is 0. The number of hydrogen-bond acceptors (Lipinski definition) is 4. The Bertz CT molecular complexity index is 290. The molecule has 2 atom stereocenters. The number of aliphatic hydroxyl groups is 1. The van der Waals surface area contributed by atoms with Crippen LogP contribution in [0.1, 0.15) is 31.0 Å². The van der Waals surface area contributed by atoms with Crippen molar-refractivity contribution < 1.29 is 9.52 Å². The quantitative estimate of drug-likeness (QED) is 0.753. The van der Waals surface area contributed by atoms with E-state index in [0.717, 1.165) is 25.4 Å². The molecule has 0 saturated carbocycles. The average Bonchev–Trinajstić information content (AvgIpc) is 2.75. The van der Waals surface area contributed by atoms with Crippen LogP contribution >= 0.6 is 0 Å². The van der Waals surface area contributed by atoms with Crippen molar-refractivity contribution in [3.8, 4) is 0 Å². The fourth-order valence-corrected chi connectivity index (χ4v) is 1.75. The lowest BCUT2D eigenvalue weighted by Crippen LogP contribution is -2.10. The number of rotatable bonds is 3. The van der Waals surface area contributed by atoms with Gasteiger partial charge < -0.3 is 14.8 Å². The zero-order valence-electron chi connectivity index (χ0n) is 8.36. The summed E-state index contributed by atoms with van der Waals surface area (Å²) in [5, 5.41) is 12.6. The normalized spacial score (nSPS) is 24.0. The van der Waals surface area contributed by atoms with Crippen molar-refractivity contribution in [2.75, 3.05) is 13.1 Å². The van der Waals surface area contributed by atoms with Crippen LogP contribution in [0.5, 0.6) is 0 Å². The van der Waals surface area contributed by atoms with Crippen LogP contribution in [0.2, 0.25) is 0 Å². The summed E-state index contributed by atoms with van der Waals surface area (Å²) in [6.07, 6.45) is 3.07. The number of nitrogens with one attached hydrogen (secondary N) is 1. The minimum atomic E-state index is -0.533. The lowest BCUT2D eigenvalue weighted by atomic mass is 10.1. The average molecular weight is 196 g/mol. The van der Waals surface area contributed by atoms with Gasteiger partial charge in [0.1, 0.15) is 12.0 Å². The highest BCUT2D eigenvalue weighted by molar-refractivity contribution is 5.00. The van der Waals surface area contributed by atoms with Crippen molar-refractivity contribution in [1.82, 2.24) is 10.3 Å². The summed E-state index contributed by atoms with van der Waals surface area (Å²) < 4.78 is 5.29. The van der Waals surface area contributed by atoms with E-state index >= 15 is 0 Å². The fourth-order valence-electron chi connectivity index (χ4n) is 1.75. The molecule has 4 heteroatoms. The van der Waals surface area contributed by atoms with Gasteiger partial charge in [-0.25, -0.2) is 4.98 Å². The molecule has 2 N–H and O–H groups in total. The molecule has 78 valence electrons. The molecule has 1 aromatic heterocycles. The van der Waals surface area contributed by atoms with Gasteiger partial charge in [-0.1, -0.05) is 0 Å². The Kier molecular flexibility index (Phi) is 2.84. The standard InChI is InChI=1S/C10H16N2O2/c1-7(13)9-6-14-10(12-9)4-8-2-3-11-5-8/h6-8,11,13H,2-5H2,1H3. The Morgan fingerprint density at radius 1 is 1.79 bits per heavy atom. The van der Waals surface area contributed by atoms with E-state index < -0.39 is 6.10 Å². The van der Waals surface area contributed by atoms with Crippen LogP contribution in [-0.2, 0) is 6.42 Å². The Morgan fingerprint density at radius 2 is 2.64 bits per heavy atom. The molecule has 2 unspecified atom stereocenters. The van der Waals surface area contributed by atoms with E-state index in [9.17, 15) is 5.11 Å². The second-order valence-corrected chi connectivity index (χ2v) is 3.91. The van der Waals surface area contributed by atoms with Crippen LogP contribution in [0.15, 0.2) is 10.7 Å². The molecule has 1 aliphatic heterocycles. The molecule has 0 aromatic carbocycles. The van der Waals surface area contributed by atoms with E-state index in [1.54, 1.807) is 13.2 Å². The van der Waals surface area contributed by atoms with Crippen LogP contribution in [0.4, 0.5) is 0 Å². The van der Waals surface area contributed by atoms with Gasteiger partial charge in [-0.15, -0.1) is 0 Å². The van der Waals surface area contributed by atoms with Crippen molar-refractivity contribution >= 4 is 0 Å². The number of hydrogen-bond donors (Lipinski definition) is 2. The molecule has 4 nitrogen and oxygen atoms in total. The second kappa shape index (κ2) is 4.11. The van der Waals surface area contributed by atoms with Crippen LogP contribution in [0, 0.1) is 5.92 Å². The third-order valence-electron chi connectivity index (χ3n) is 2.62. The van der Waals surface area contributed by atoms with E-state index in [2.05, 4.69) is 10.3 Å². The molecular formula is C10H16N2O2. The maximum atomic E-state index is 9.26. The maximum Gasteiger partial charge on any atom is 0.194 e. The zero-order valence-corrected chi connectivity index (χ0v) is 8.36. The molecule has 0 radical (unpaired) electrons. The van der Waals surface area contributed by atoms with E-state index in [-0.39, 0.29) is 0 Å². The number of aromatic nitrogens is 1. The predicted octanol–water partition coefficient (Wildman–Crippen LogP) is 0.880. The molecule has 14 heavy (non-hydrogen) atoms. The Labute approximate surface area is 83.3 Å². The number of nitrogens with zero attached hydrogens (tertiary/aromatic N) is 1. The monoisotopic (exact) mass is 196 g/mol. The van der Waals surface area contributed by atoms with Gasteiger partial charge >= 0.3 is 0 Å². The van der Waals surface area contributed by atoms with Gasteiger partial charge in [0.15, 0.2) is 5.89 Å². The minimum absolute atomic E-state index is 0.533. The van der Waals surface area contributed by atoms with Gasteiger partial charge in [-0.3, -0.25) is 0 Å². The lowest BCUT2D eigenvalue weighted by Gasteiger charge is -2.02. The topological polar surface area (TPSA) is 58.3 Å². The summed E-state index contributed by atoms with van der Waals surface area (Å²) in [5.41, 5.74) is 0.631. The van der Waals surface area contributed by atoms with Gasteiger partial charge in [0.2, 0.25) is 0 Å². The first-order chi connectivity index (χ1) is 6.75. The van der Waals surface area contributed by atoms with Gasteiger partial charge in [-0.05, 0) is 32.4 Å². The van der Waals surface area contributed by atoms with Gasteiger partial charge in [0.05, 0.1) is 6.10 Å². The SMILES string of the molecule is CC(O)c1coc(CC2CCNC2)n1. The predicted molar refractivity (Wildman–Crippen MR) is 51.8 cm³/mol. The van der Waals surface area contributed by atoms with Crippen molar-refractivity contribution in [2.45, 2.75) is 25.9 Å². The van der Waals surface area contributed by atoms with E-state index in [1.165, 1.54) is 6.42 Å². The van der Waals surface area contributed by atoms with Crippen LogP contribution in [-0.4, -0.2) is 23.2 Å². The third kappa shape index (κ3) is 2.13. The highest BCUT2D eigenvalue weighted by Crippen LogP contribution is 2.17. The van der Waals surface area contributed by atoms with Crippen LogP contribution in [0.3, 0.4) is 0 Å². The lowest BCUT2D eigenvalue weighted by molar-refractivity contribution is 0.194. The summed E-state index contributed by atoms with van der Waals surface area (Å²) in [5.74, 6) is 1.38. The van der Waals surface area contributed by atoms with Crippen LogP contribution < -0.4 is 5.32 Å². The zero-order chi connectivity index (χ0) is 9.97. The smallest absolute Gasteiger partial charge is 0.194 e. The molecular weight excluding hydrogens is 180 g/mol. The Morgan fingerprint density at radius 3 is 3.21 bits per heavy atom. The second-order valence-electron chi connectivity index (χ2n) is 3.91. The largest absolute Gasteiger partial charge is 0.449 e. The Hall–Kier alpha value is -0.870. The van der Waals surface area contributed by atoms with Crippen molar-refractivity contribution in [3.63, 3.8) is 0 Å². The molecule has 1 fully saturated rings. The van der Waals surface area contributed by atoms with Gasteiger partial charge in [0.25, 0.3) is 0 Å². The third-order valence-corrected chi connectivity index (χ3v) is 2.62. The molecule has 1 aliphatic rings. The van der Waals surface area contributed by atoms with Crippen molar-refractivity contribution in [3.05, 3.63) is 17.8 Å². The van der Waals surface area contributed by atoms with Crippen molar-refractivity contribution in [2.24, 2.45) is 5.92 Å².